The van der Waals surface area contributed by atoms with Gasteiger partial charge in [0.1, 0.15) is 0 Å². The molecule has 0 spiro atoms. The molecule has 1 fully saturated rings. The van der Waals surface area contributed by atoms with E-state index >= 15 is 0 Å². The molecule has 0 aromatic carbocycles. The number of amides is 2. The standard InChI is InChI=1S/C11H21N3O2/c1-8(2)14-6-5-13(7-9(12)15)10(16)11(14,3)4/h8H,5-7H2,1-4H3,(H2,12,15). The smallest absolute Gasteiger partial charge is 0.243 e. The lowest BCUT2D eigenvalue weighted by atomic mass is 9.95. The molecular formula is C11H21N3O2. The van der Waals surface area contributed by atoms with Gasteiger partial charge in [0.25, 0.3) is 0 Å². The fourth-order valence-electron chi connectivity index (χ4n) is 2.36. The highest BCUT2D eigenvalue weighted by Gasteiger charge is 2.42. The molecule has 2 N–H and O–H groups in total. The zero-order chi connectivity index (χ0) is 12.5. The van der Waals surface area contributed by atoms with Crippen molar-refractivity contribution in [2.45, 2.75) is 39.3 Å². The average Bonchev–Trinajstić information content (AvgIpc) is 2.11. The van der Waals surface area contributed by atoms with Crippen molar-refractivity contribution in [1.82, 2.24) is 9.80 Å². The Hall–Kier alpha value is -1.10. The SMILES string of the molecule is CC(C)N1CCN(CC(N)=O)C(=O)C1(C)C. The Bertz CT molecular complexity index is 300. The van der Waals surface area contributed by atoms with E-state index in [9.17, 15) is 9.59 Å². The third-order valence-corrected chi connectivity index (χ3v) is 3.11. The quantitative estimate of drug-likeness (QED) is 0.726. The van der Waals surface area contributed by atoms with E-state index in [0.717, 1.165) is 6.54 Å². The molecular weight excluding hydrogens is 206 g/mol. The van der Waals surface area contributed by atoms with Crippen LogP contribution in [-0.4, -0.2) is 52.8 Å². The van der Waals surface area contributed by atoms with Gasteiger partial charge in [0.2, 0.25) is 11.8 Å². The number of nitrogens with zero attached hydrogens (tertiary/aromatic N) is 2. The molecule has 0 aliphatic carbocycles. The minimum Gasteiger partial charge on any atom is -0.368 e. The van der Waals surface area contributed by atoms with Crippen LogP contribution in [0.15, 0.2) is 0 Å². The minimum absolute atomic E-state index is 0.0220. The molecule has 0 saturated carbocycles. The fourth-order valence-corrected chi connectivity index (χ4v) is 2.36. The summed E-state index contributed by atoms with van der Waals surface area (Å²) in [5.41, 5.74) is 4.57. The van der Waals surface area contributed by atoms with Crippen molar-refractivity contribution in [3.05, 3.63) is 0 Å². The molecule has 1 saturated heterocycles. The first-order chi connectivity index (χ1) is 7.26. The second-order valence-corrected chi connectivity index (χ2v) is 5.04. The highest BCUT2D eigenvalue weighted by Crippen LogP contribution is 2.24. The first-order valence-electron chi connectivity index (χ1n) is 5.61. The lowest BCUT2D eigenvalue weighted by Crippen LogP contribution is -2.65. The largest absolute Gasteiger partial charge is 0.368 e. The summed E-state index contributed by atoms with van der Waals surface area (Å²) in [6.45, 7) is 9.30. The van der Waals surface area contributed by atoms with E-state index in [1.807, 2.05) is 13.8 Å². The normalized spacial score (nSPS) is 21.6. The molecule has 0 bridgehead atoms. The van der Waals surface area contributed by atoms with E-state index in [2.05, 4.69) is 18.7 Å². The summed E-state index contributed by atoms with van der Waals surface area (Å²) in [5.74, 6) is -0.478. The number of primary amides is 1. The summed E-state index contributed by atoms with van der Waals surface area (Å²) < 4.78 is 0. The van der Waals surface area contributed by atoms with Crippen LogP contribution < -0.4 is 5.73 Å². The van der Waals surface area contributed by atoms with E-state index in [-0.39, 0.29) is 12.5 Å². The highest BCUT2D eigenvalue weighted by atomic mass is 16.2. The van der Waals surface area contributed by atoms with Crippen LogP contribution in [0.25, 0.3) is 0 Å². The predicted molar refractivity (Wildman–Crippen MR) is 61.7 cm³/mol. The molecule has 5 heteroatoms. The van der Waals surface area contributed by atoms with Gasteiger partial charge < -0.3 is 10.6 Å². The van der Waals surface area contributed by atoms with Crippen LogP contribution in [-0.2, 0) is 9.59 Å². The maximum atomic E-state index is 12.2. The molecule has 0 unspecified atom stereocenters. The van der Waals surface area contributed by atoms with E-state index in [4.69, 9.17) is 5.73 Å². The summed E-state index contributed by atoms with van der Waals surface area (Å²) in [6, 6.07) is 0.315. The molecule has 0 aromatic rings. The van der Waals surface area contributed by atoms with Gasteiger partial charge in [0.05, 0.1) is 12.1 Å². The summed E-state index contributed by atoms with van der Waals surface area (Å²) in [6.07, 6.45) is 0. The third-order valence-electron chi connectivity index (χ3n) is 3.11. The number of rotatable bonds is 3. The lowest BCUT2D eigenvalue weighted by Gasteiger charge is -2.47. The van der Waals surface area contributed by atoms with Gasteiger partial charge in [-0.05, 0) is 27.7 Å². The van der Waals surface area contributed by atoms with Gasteiger partial charge in [-0.25, -0.2) is 0 Å². The van der Waals surface area contributed by atoms with Gasteiger partial charge in [-0.3, -0.25) is 14.5 Å². The molecule has 2 amide bonds. The van der Waals surface area contributed by atoms with Gasteiger partial charge in [-0.1, -0.05) is 0 Å². The van der Waals surface area contributed by atoms with Gasteiger partial charge in [-0.2, -0.15) is 0 Å². The molecule has 1 heterocycles. The van der Waals surface area contributed by atoms with Crippen LogP contribution in [0.3, 0.4) is 0 Å². The number of piperazine rings is 1. The molecule has 1 aliphatic rings. The van der Waals surface area contributed by atoms with Crippen molar-refractivity contribution in [2.75, 3.05) is 19.6 Å². The molecule has 16 heavy (non-hydrogen) atoms. The Morgan fingerprint density at radius 3 is 2.44 bits per heavy atom. The first kappa shape index (κ1) is 13.0. The zero-order valence-corrected chi connectivity index (χ0v) is 10.5. The number of hydrogen-bond donors (Lipinski definition) is 1. The second-order valence-electron chi connectivity index (χ2n) is 5.04. The number of carbonyl (C=O) groups excluding carboxylic acids is 2. The Morgan fingerprint density at radius 1 is 1.44 bits per heavy atom. The molecule has 0 atom stereocenters. The second kappa shape index (κ2) is 4.41. The maximum absolute atomic E-state index is 12.2. The van der Waals surface area contributed by atoms with Crippen molar-refractivity contribution in [3.8, 4) is 0 Å². The van der Waals surface area contributed by atoms with Crippen LogP contribution in [0.5, 0.6) is 0 Å². The molecule has 92 valence electrons. The van der Waals surface area contributed by atoms with Crippen molar-refractivity contribution >= 4 is 11.8 Å². The maximum Gasteiger partial charge on any atom is 0.243 e. The van der Waals surface area contributed by atoms with Gasteiger partial charge >= 0.3 is 0 Å². The van der Waals surface area contributed by atoms with Gasteiger partial charge in [0.15, 0.2) is 0 Å². The van der Waals surface area contributed by atoms with Crippen LogP contribution in [0.1, 0.15) is 27.7 Å². The summed E-state index contributed by atoms with van der Waals surface area (Å²) in [5, 5.41) is 0. The Kier molecular flexibility index (Phi) is 3.57. The van der Waals surface area contributed by atoms with Crippen LogP contribution in [0.4, 0.5) is 0 Å². The molecule has 0 radical (unpaired) electrons. The predicted octanol–water partition coefficient (Wildman–Crippen LogP) is -0.197. The molecule has 5 nitrogen and oxygen atoms in total. The van der Waals surface area contributed by atoms with Gasteiger partial charge in [-0.15, -0.1) is 0 Å². The molecule has 0 aromatic heterocycles. The molecule has 1 rings (SSSR count). The van der Waals surface area contributed by atoms with E-state index in [1.54, 1.807) is 4.90 Å². The lowest BCUT2D eigenvalue weighted by molar-refractivity contribution is -0.152. The van der Waals surface area contributed by atoms with Crippen LogP contribution >= 0.6 is 0 Å². The van der Waals surface area contributed by atoms with Crippen molar-refractivity contribution in [1.29, 1.82) is 0 Å². The van der Waals surface area contributed by atoms with Crippen molar-refractivity contribution < 1.29 is 9.59 Å². The third kappa shape index (κ3) is 2.35. The summed E-state index contributed by atoms with van der Waals surface area (Å²) in [4.78, 5) is 26.7. The topological polar surface area (TPSA) is 66.6 Å². The molecule has 1 aliphatic heterocycles. The average molecular weight is 227 g/mol. The fraction of sp³-hybridized carbons (Fsp3) is 0.818. The monoisotopic (exact) mass is 227 g/mol. The number of hydrogen-bond acceptors (Lipinski definition) is 3. The van der Waals surface area contributed by atoms with E-state index in [1.165, 1.54) is 0 Å². The zero-order valence-electron chi connectivity index (χ0n) is 10.5. The van der Waals surface area contributed by atoms with Gasteiger partial charge in [0, 0.05) is 19.1 Å². The Morgan fingerprint density at radius 2 is 2.00 bits per heavy atom. The number of carbonyl (C=O) groups is 2. The van der Waals surface area contributed by atoms with Crippen LogP contribution in [0.2, 0.25) is 0 Å². The summed E-state index contributed by atoms with van der Waals surface area (Å²) >= 11 is 0. The van der Waals surface area contributed by atoms with Crippen LogP contribution in [0, 0.1) is 0 Å². The number of nitrogens with two attached hydrogens (primary N) is 1. The van der Waals surface area contributed by atoms with Crippen molar-refractivity contribution in [3.63, 3.8) is 0 Å². The Labute approximate surface area is 96.6 Å². The van der Waals surface area contributed by atoms with E-state index in [0.29, 0.717) is 12.6 Å². The minimum atomic E-state index is -0.554. The van der Waals surface area contributed by atoms with Crippen molar-refractivity contribution in [2.24, 2.45) is 5.73 Å². The summed E-state index contributed by atoms with van der Waals surface area (Å²) in [7, 11) is 0. The first-order valence-corrected chi connectivity index (χ1v) is 5.61. The van der Waals surface area contributed by atoms with E-state index < -0.39 is 11.4 Å². The highest BCUT2D eigenvalue weighted by molar-refractivity contribution is 5.90. The Balaban J connectivity index is 2.82.